The largest absolute Gasteiger partial charge is 0.466 e. The van der Waals surface area contributed by atoms with Gasteiger partial charge in [0.1, 0.15) is 13.2 Å². The van der Waals surface area contributed by atoms with Crippen LogP contribution in [-0.2, 0) is 42.9 Å². The summed E-state index contributed by atoms with van der Waals surface area (Å²) in [5.41, 5.74) is 0.543. The lowest BCUT2D eigenvalue weighted by atomic mass is 9.80. The van der Waals surface area contributed by atoms with E-state index in [0.717, 1.165) is 158 Å². The molecule has 0 saturated carbocycles. The predicted octanol–water partition coefficient (Wildman–Crippen LogP) is 33.0. The summed E-state index contributed by atoms with van der Waals surface area (Å²) in [6.45, 7) is 22.8. The number of esters is 4. The highest BCUT2D eigenvalue weighted by molar-refractivity contribution is 7.74. The van der Waals surface area contributed by atoms with Crippen LogP contribution in [0.3, 0.4) is 0 Å². The van der Waals surface area contributed by atoms with Crippen molar-refractivity contribution in [1.82, 2.24) is 9.80 Å². The number of unbranched alkanes of at least 4 members (excludes halogenated alkanes) is 35. The Balaban J connectivity index is 4.61. The van der Waals surface area contributed by atoms with Crippen molar-refractivity contribution < 1.29 is 42.9 Å². The molecule has 0 aromatic rings. The van der Waals surface area contributed by atoms with E-state index in [1.165, 1.54) is 340 Å². The zero-order valence-corrected chi connectivity index (χ0v) is 84.8. The van der Waals surface area contributed by atoms with Gasteiger partial charge in [0.15, 0.2) is 5.52 Å². The number of allylic oxidation sites excluding steroid dienone is 2. The fourth-order valence-electron chi connectivity index (χ4n) is 18.1. The molecule has 714 valence electrons. The van der Waals surface area contributed by atoms with Crippen molar-refractivity contribution in [2.45, 2.75) is 505 Å². The van der Waals surface area contributed by atoms with E-state index in [1.807, 2.05) is 0 Å². The van der Waals surface area contributed by atoms with Crippen molar-refractivity contribution in [2.24, 2.45) is 35.5 Å². The van der Waals surface area contributed by atoms with Crippen LogP contribution in [0.2, 0.25) is 0 Å². The van der Waals surface area contributed by atoms with E-state index < -0.39 is 7.92 Å². The molecule has 0 rings (SSSR count). The maximum Gasteiger partial charge on any atom is 0.306 e. The normalized spacial score (nSPS) is 13.5. The Labute approximate surface area is 756 Å². The molecule has 0 bridgehead atoms. The Morgan fingerprint density at radius 3 is 0.959 bits per heavy atom. The molecule has 0 fully saturated rings. The van der Waals surface area contributed by atoms with Crippen molar-refractivity contribution in [1.29, 1.82) is 0 Å². The van der Waals surface area contributed by atoms with E-state index in [-0.39, 0.29) is 31.8 Å². The molecule has 0 aromatic heterocycles. The van der Waals surface area contributed by atoms with Crippen molar-refractivity contribution in [3.8, 4) is 0 Å². The Morgan fingerprint density at radius 2 is 0.579 bits per heavy atom. The average molecular weight is 1740 g/mol. The Kier molecular flexibility index (Phi) is 90.8. The monoisotopic (exact) mass is 1740 g/mol. The number of ether oxygens (including phenoxy) is 4. The first-order valence-corrected chi connectivity index (χ1v) is 56.9. The number of rotatable bonds is 97. The SMILES string of the molecule is CCCCCCC(CC=CCOC(=O)CCCCCCCP(CCCCCCCC(=O)OCC=CCC(CCCCCC)CCCC(CC)C(C)CCC(CCCC)CCCCOC(=O)CCCCCCCCCP(CCCCCCCCCC(=O)OCCCCC(CCCC)CCCC)C(=O)CCCN(C)C)CCCCN(C)C)CCCCCC. The van der Waals surface area contributed by atoms with E-state index in [1.54, 1.807) is 0 Å². The second-order valence-electron chi connectivity index (χ2n) is 38.4. The summed E-state index contributed by atoms with van der Waals surface area (Å²) >= 11 is 0. The van der Waals surface area contributed by atoms with Gasteiger partial charge >= 0.3 is 23.9 Å². The van der Waals surface area contributed by atoms with Crippen LogP contribution in [0.5, 0.6) is 0 Å². The summed E-state index contributed by atoms with van der Waals surface area (Å²) in [6.07, 6.45) is 97.8. The fourth-order valence-corrected chi connectivity index (χ4v) is 23.1. The second kappa shape index (κ2) is 92.5. The lowest BCUT2D eigenvalue weighted by molar-refractivity contribution is -0.144. The zero-order valence-electron chi connectivity index (χ0n) is 83.0. The molecule has 0 radical (unpaired) electrons. The first-order valence-electron chi connectivity index (χ1n) is 53.3. The van der Waals surface area contributed by atoms with Gasteiger partial charge in [0.05, 0.1) is 13.2 Å². The van der Waals surface area contributed by atoms with Crippen LogP contribution in [0, 0.1) is 35.5 Å². The van der Waals surface area contributed by atoms with Gasteiger partial charge in [-0.15, -0.1) is 7.92 Å². The summed E-state index contributed by atoms with van der Waals surface area (Å²) in [4.78, 5) is 68.5. The van der Waals surface area contributed by atoms with Gasteiger partial charge in [-0.25, -0.2) is 0 Å². The third kappa shape index (κ3) is 83.2. The highest BCUT2D eigenvalue weighted by atomic mass is 31.1. The second-order valence-corrected chi connectivity index (χ2v) is 43.6. The van der Waals surface area contributed by atoms with Gasteiger partial charge in [-0.3, -0.25) is 24.0 Å². The highest BCUT2D eigenvalue weighted by Gasteiger charge is 2.22. The molecule has 0 saturated heterocycles. The van der Waals surface area contributed by atoms with Gasteiger partial charge in [0.25, 0.3) is 0 Å². The summed E-state index contributed by atoms with van der Waals surface area (Å²) < 4.78 is 22.7. The number of carbonyl (C=O) groups is 5. The van der Waals surface area contributed by atoms with Crippen LogP contribution in [0.25, 0.3) is 0 Å². The maximum absolute atomic E-state index is 13.5. The molecular formula is C108H208N2O9P2. The molecule has 0 aromatic carbocycles. The van der Waals surface area contributed by atoms with Crippen LogP contribution < -0.4 is 0 Å². The van der Waals surface area contributed by atoms with E-state index in [9.17, 15) is 24.0 Å². The van der Waals surface area contributed by atoms with Gasteiger partial charge in [-0.1, -0.05) is 388 Å². The minimum Gasteiger partial charge on any atom is -0.466 e. The summed E-state index contributed by atoms with van der Waals surface area (Å²) in [5.74, 6) is 4.47. The van der Waals surface area contributed by atoms with Crippen LogP contribution >= 0.6 is 15.8 Å². The van der Waals surface area contributed by atoms with Crippen LogP contribution in [-0.4, -0.2) is 138 Å². The molecular weight excluding hydrogens is 1530 g/mol. The third-order valence-electron chi connectivity index (χ3n) is 26.3. The third-order valence-corrected chi connectivity index (χ3v) is 31.8. The van der Waals surface area contributed by atoms with Gasteiger partial charge in [0.2, 0.25) is 0 Å². The summed E-state index contributed by atoms with van der Waals surface area (Å²) in [5, 5.41) is 0. The number of hydrogen-bond acceptors (Lipinski definition) is 11. The van der Waals surface area contributed by atoms with Crippen molar-refractivity contribution in [3.63, 3.8) is 0 Å². The maximum atomic E-state index is 13.5. The number of hydrogen-bond donors (Lipinski definition) is 0. The predicted molar refractivity (Wildman–Crippen MR) is 532 cm³/mol. The zero-order chi connectivity index (χ0) is 88.6. The number of nitrogens with zero attached hydrogens (tertiary/aromatic N) is 2. The first kappa shape index (κ1) is 119. The van der Waals surface area contributed by atoms with Gasteiger partial charge in [-0.2, -0.15) is 0 Å². The van der Waals surface area contributed by atoms with Crippen molar-refractivity contribution >= 4 is 45.2 Å². The molecule has 0 aliphatic rings. The first-order chi connectivity index (χ1) is 59.0. The van der Waals surface area contributed by atoms with Crippen molar-refractivity contribution in [2.75, 3.05) is 98.5 Å². The molecule has 11 nitrogen and oxygen atoms in total. The minimum atomic E-state index is -0.557. The molecule has 0 amide bonds. The molecule has 6 unspecified atom stereocenters. The molecule has 13 heteroatoms. The van der Waals surface area contributed by atoms with Gasteiger partial charge in [-0.05, 0) is 225 Å². The standard InChI is InChI=1S/C108H208N2O9P2/c1-13-20-26-45-71-100(72-46-27-21-14-2)75-53-58-90-117-106(113)82-50-39-35-41-61-93-120(95-65-56-87-109(9)10)94-62-42-36-40-51-83-107(114)118-91-59-54-76-101(73-47-28-22-15-3)78-66-79-103(19-7)98(8)85-86-102(70-25-18-6)77-55-60-92-119-105(112)81-49-38-32-30-34-44-64-97-121(108(115)84-67-88-110(11)12)96-63-43-33-29-31-37-48-80-104(111)116-89-57-52-74-99(68-23-16-4)69-24-17-5/h53-54,58-59,98-103H,13-52,55-57,60-97H2,1-12H3. The molecule has 0 N–H and O–H groups in total. The van der Waals surface area contributed by atoms with E-state index in [0.29, 0.717) is 63.6 Å². The minimum absolute atomic E-state index is 0.0169. The van der Waals surface area contributed by atoms with E-state index in [4.69, 9.17) is 18.9 Å². The molecule has 0 aliphatic carbocycles. The van der Waals surface area contributed by atoms with Crippen LogP contribution in [0.4, 0.5) is 0 Å². The van der Waals surface area contributed by atoms with Crippen LogP contribution in [0.15, 0.2) is 24.3 Å². The van der Waals surface area contributed by atoms with E-state index >= 15 is 0 Å². The quantitative estimate of drug-likeness (QED) is 0.0190. The van der Waals surface area contributed by atoms with Crippen molar-refractivity contribution in [3.05, 3.63) is 24.3 Å². The summed E-state index contributed by atoms with van der Waals surface area (Å²) in [6, 6.07) is 0. The summed E-state index contributed by atoms with van der Waals surface area (Å²) in [7, 11) is 8.08. The topological polar surface area (TPSA) is 129 Å². The molecule has 0 spiro atoms. The lowest BCUT2D eigenvalue weighted by Gasteiger charge is -2.26. The number of carbonyl (C=O) groups excluding carboxylic acids is 5. The van der Waals surface area contributed by atoms with Gasteiger partial charge < -0.3 is 28.7 Å². The Morgan fingerprint density at radius 1 is 0.273 bits per heavy atom. The highest BCUT2D eigenvalue weighted by Crippen LogP contribution is 2.42. The van der Waals surface area contributed by atoms with E-state index in [2.05, 4.69) is 118 Å². The van der Waals surface area contributed by atoms with Crippen LogP contribution in [0.1, 0.15) is 505 Å². The van der Waals surface area contributed by atoms with Gasteiger partial charge in [0, 0.05) is 32.1 Å². The molecule has 6 atom stereocenters. The molecule has 0 aliphatic heterocycles. The Bertz CT molecular complexity index is 2280. The lowest BCUT2D eigenvalue weighted by Crippen LogP contribution is -2.14. The average Bonchev–Trinajstić information content (AvgIpc) is 0.903. The molecule has 121 heavy (non-hydrogen) atoms. The molecule has 0 heterocycles. The Hall–Kier alpha value is -2.19. The smallest absolute Gasteiger partial charge is 0.306 e. The fraction of sp³-hybridized carbons (Fsp3) is 0.917.